The van der Waals surface area contributed by atoms with Crippen molar-refractivity contribution in [3.63, 3.8) is 0 Å². The Bertz CT molecular complexity index is 301. The number of likely N-dealkylation sites (N-methyl/N-ethyl adjacent to an activating group) is 1. The summed E-state index contributed by atoms with van der Waals surface area (Å²) in [6.07, 6.45) is 8.58. The first-order valence-electron chi connectivity index (χ1n) is 6.27. The van der Waals surface area contributed by atoms with Crippen LogP contribution in [0.1, 0.15) is 38.5 Å². The predicted octanol–water partition coefficient (Wildman–Crippen LogP) is 1.70. The van der Waals surface area contributed by atoms with Gasteiger partial charge in [0.1, 0.15) is 0 Å². The lowest BCUT2D eigenvalue weighted by Crippen LogP contribution is -2.49. The van der Waals surface area contributed by atoms with Crippen LogP contribution in [-0.4, -0.2) is 36.9 Å². The smallest absolute Gasteiger partial charge is 0.157 e. The molecule has 0 aliphatic heterocycles. The number of rotatable bonds is 4. The summed E-state index contributed by atoms with van der Waals surface area (Å²) in [5, 5.41) is 3.47. The van der Waals surface area contributed by atoms with Crippen LogP contribution in [0.2, 0.25) is 0 Å². The van der Waals surface area contributed by atoms with Gasteiger partial charge in [0, 0.05) is 30.3 Å². The number of hydrogen-bond donors (Lipinski definition) is 1. The van der Waals surface area contributed by atoms with Gasteiger partial charge in [0.05, 0.1) is 0 Å². The standard InChI is InChI=1S/C13H22N2O/c1-15(2)13(7-3-4-8-13)10-14-11-5-6-12(16)9-11/h9,14H,3-8,10H2,1-2H3. The Morgan fingerprint density at radius 2 is 2.00 bits per heavy atom. The van der Waals surface area contributed by atoms with Gasteiger partial charge in [-0.3, -0.25) is 4.79 Å². The molecule has 0 bridgehead atoms. The van der Waals surface area contributed by atoms with Gasteiger partial charge < -0.3 is 10.2 Å². The van der Waals surface area contributed by atoms with E-state index >= 15 is 0 Å². The van der Waals surface area contributed by atoms with Gasteiger partial charge in [-0.2, -0.15) is 0 Å². The van der Waals surface area contributed by atoms with E-state index in [2.05, 4.69) is 24.3 Å². The van der Waals surface area contributed by atoms with Crippen molar-refractivity contribution >= 4 is 5.78 Å². The second-order valence-electron chi connectivity index (χ2n) is 5.32. The average Bonchev–Trinajstić information content (AvgIpc) is 2.84. The second-order valence-corrected chi connectivity index (χ2v) is 5.32. The maximum atomic E-state index is 11.1. The molecule has 3 heteroatoms. The van der Waals surface area contributed by atoms with E-state index in [1.54, 1.807) is 6.08 Å². The Labute approximate surface area is 97.9 Å². The topological polar surface area (TPSA) is 32.3 Å². The van der Waals surface area contributed by atoms with E-state index in [1.807, 2.05) is 0 Å². The fourth-order valence-electron chi connectivity index (χ4n) is 2.83. The summed E-state index contributed by atoms with van der Waals surface area (Å²) in [5.41, 5.74) is 1.45. The lowest BCUT2D eigenvalue weighted by atomic mass is 9.96. The third kappa shape index (κ3) is 2.29. The fraction of sp³-hybridized carbons (Fsp3) is 0.769. The zero-order valence-corrected chi connectivity index (χ0v) is 10.4. The van der Waals surface area contributed by atoms with Gasteiger partial charge in [-0.25, -0.2) is 0 Å². The fourth-order valence-corrected chi connectivity index (χ4v) is 2.83. The Balaban J connectivity index is 1.92. The van der Waals surface area contributed by atoms with Gasteiger partial charge in [0.15, 0.2) is 5.78 Å². The van der Waals surface area contributed by atoms with Crippen LogP contribution in [0.25, 0.3) is 0 Å². The monoisotopic (exact) mass is 222 g/mol. The number of allylic oxidation sites excluding steroid dienone is 2. The maximum Gasteiger partial charge on any atom is 0.157 e. The minimum atomic E-state index is 0.271. The summed E-state index contributed by atoms with van der Waals surface area (Å²) in [7, 11) is 4.34. The summed E-state index contributed by atoms with van der Waals surface area (Å²) in [4.78, 5) is 13.5. The molecule has 3 nitrogen and oxygen atoms in total. The molecule has 2 aliphatic rings. The van der Waals surface area contributed by atoms with Crippen molar-refractivity contribution < 1.29 is 4.79 Å². The summed E-state index contributed by atoms with van der Waals surface area (Å²) in [6.45, 7) is 0.985. The zero-order chi connectivity index (χ0) is 11.6. The van der Waals surface area contributed by atoms with Crippen LogP contribution in [0.5, 0.6) is 0 Å². The summed E-state index contributed by atoms with van der Waals surface area (Å²) >= 11 is 0. The molecule has 2 rings (SSSR count). The average molecular weight is 222 g/mol. The Kier molecular flexibility index (Phi) is 3.33. The van der Waals surface area contributed by atoms with E-state index in [4.69, 9.17) is 0 Å². The molecule has 0 aromatic heterocycles. The van der Waals surface area contributed by atoms with E-state index in [-0.39, 0.29) is 5.78 Å². The number of carbonyl (C=O) groups excluding carboxylic acids is 1. The largest absolute Gasteiger partial charge is 0.386 e. The first-order chi connectivity index (χ1) is 7.62. The van der Waals surface area contributed by atoms with Gasteiger partial charge in [0.2, 0.25) is 0 Å². The van der Waals surface area contributed by atoms with Crippen LogP contribution < -0.4 is 5.32 Å². The Hall–Kier alpha value is -0.830. The molecule has 2 aliphatic carbocycles. The van der Waals surface area contributed by atoms with Crippen LogP contribution in [-0.2, 0) is 4.79 Å². The van der Waals surface area contributed by atoms with Crippen molar-refractivity contribution in [2.75, 3.05) is 20.6 Å². The molecule has 0 aromatic carbocycles. The highest BCUT2D eigenvalue weighted by atomic mass is 16.1. The summed E-state index contributed by atoms with van der Waals surface area (Å²) < 4.78 is 0. The summed E-state index contributed by atoms with van der Waals surface area (Å²) in [6, 6.07) is 0. The number of hydrogen-bond acceptors (Lipinski definition) is 3. The molecule has 0 heterocycles. The van der Waals surface area contributed by atoms with Gasteiger partial charge in [-0.1, -0.05) is 12.8 Å². The van der Waals surface area contributed by atoms with Crippen LogP contribution in [0.3, 0.4) is 0 Å². The molecule has 1 saturated carbocycles. The minimum Gasteiger partial charge on any atom is -0.386 e. The molecule has 0 aromatic rings. The van der Waals surface area contributed by atoms with Gasteiger partial charge in [0.25, 0.3) is 0 Å². The molecular weight excluding hydrogens is 200 g/mol. The quantitative estimate of drug-likeness (QED) is 0.785. The van der Waals surface area contributed by atoms with Crippen molar-refractivity contribution in [1.82, 2.24) is 10.2 Å². The first kappa shape index (κ1) is 11.6. The Morgan fingerprint density at radius 1 is 1.31 bits per heavy atom. The minimum absolute atomic E-state index is 0.271. The van der Waals surface area contributed by atoms with Crippen LogP contribution in [0.15, 0.2) is 11.8 Å². The number of carbonyl (C=O) groups is 1. The molecule has 0 spiro atoms. The highest BCUT2D eigenvalue weighted by Gasteiger charge is 2.35. The van der Waals surface area contributed by atoms with Gasteiger partial charge in [-0.05, 0) is 33.4 Å². The van der Waals surface area contributed by atoms with E-state index < -0.39 is 0 Å². The van der Waals surface area contributed by atoms with E-state index in [0.29, 0.717) is 12.0 Å². The third-order valence-corrected chi connectivity index (χ3v) is 4.10. The predicted molar refractivity (Wildman–Crippen MR) is 65.2 cm³/mol. The van der Waals surface area contributed by atoms with E-state index in [1.165, 1.54) is 25.7 Å². The highest BCUT2D eigenvalue weighted by Crippen LogP contribution is 2.33. The number of nitrogens with zero attached hydrogens (tertiary/aromatic N) is 1. The first-order valence-corrected chi connectivity index (χ1v) is 6.27. The molecule has 0 atom stereocenters. The van der Waals surface area contributed by atoms with E-state index in [0.717, 1.165) is 18.7 Å². The van der Waals surface area contributed by atoms with Crippen LogP contribution in [0.4, 0.5) is 0 Å². The zero-order valence-electron chi connectivity index (χ0n) is 10.4. The lowest BCUT2D eigenvalue weighted by molar-refractivity contribution is -0.114. The van der Waals surface area contributed by atoms with Crippen molar-refractivity contribution in [3.05, 3.63) is 11.8 Å². The van der Waals surface area contributed by atoms with Crippen molar-refractivity contribution in [2.45, 2.75) is 44.1 Å². The van der Waals surface area contributed by atoms with Gasteiger partial charge >= 0.3 is 0 Å². The highest BCUT2D eigenvalue weighted by molar-refractivity contribution is 5.92. The van der Waals surface area contributed by atoms with Gasteiger partial charge in [-0.15, -0.1) is 0 Å². The van der Waals surface area contributed by atoms with Crippen molar-refractivity contribution in [3.8, 4) is 0 Å². The van der Waals surface area contributed by atoms with Crippen LogP contribution in [0, 0.1) is 0 Å². The molecule has 90 valence electrons. The molecule has 0 radical (unpaired) electrons. The Morgan fingerprint density at radius 3 is 2.50 bits per heavy atom. The van der Waals surface area contributed by atoms with E-state index in [9.17, 15) is 4.79 Å². The molecule has 16 heavy (non-hydrogen) atoms. The number of nitrogens with one attached hydrogen (secondary N) is 1. The third-order valence-electron chi connectivity index (χ3n) is 4.10. The molecule has 0 unspecified atom stereocenters. The SMILES string of the molecule is CN(C)C1(CNC2=CC(=O)CC2)CCCC1. The van der Waals surface area contributed by atoms with Crippen molar-refractivity contribution in [2.24, 2.45) is 0 Å². The number of ketones is 1. The molecule has 1 fully saturated rings. The lowest BCUT2D eigenvalue weighted by Gasteiger charge is -2.37. The molecule has 0 amide bonds. The van der Waals surface area contributed by atoms with Crippen molar-refractivity contribution in [1.29, 1.82) is 0 Å². The summed E-state index contributed by atoms with van der Waals surface area (Å²) in [5.74, 6) is 0.271. The molecule has 0 saturated heterocycles. The normalized spacial score (nSPS) is 23.9. The second kappa shape index (κ2) is 4.58. The molecule has 1 N–H and O–H groups in total. The van der Waals surface area contributed by atoms with Crippen LogP contribution >= 0.6 is 0 Å². The molecular formula is C13H22N2O. The maximum absolute atomic E-state index is 11.1.